The molecule has 4 heterocycles. The van der Waals surface area contributed by atoms with E-state index >= 15 is 0 Å². The summed E-state index contributed by atoms with van der Waals surface area (Å²) in [5.41, 5.74) is 0.583. The lowest BCUT2D eigenvalue weighted by molar-refractivity contribution is -0.0410. The monoisotopic (exact) mass is 417 g/mol. The maximum Gasteiger partial charge on any atom is 0.381 e. The van der Waals surface area contributed by atoms with Crippen LogP contribution in [0.5, 0.6) is 5.75 Å². The summed E-state index contributed by atoms with van der Waals surface area (Å²) in [5, 5.41) is 16.4. The molecule has 29 heavy (non-hydrogen) atoms. The summed E-state index contributed by atoms with van der Waals surface area (Å²) in [6, 6.07) is 3.32. The molecule has 1 aliphatic heterocycles. The highest BCUT2D eigenvalue weighted by atomic mass is 32.1. The van der Waals surface area contributed by atoms with Gasteiger partial charge in [-0.25, -0.2) is 9.48 Å². The Morgan fingerprint density at radius 2 is 2.28 bits per heavy atom. The molecular formula is C18H19N5O5S. The van der Waals surface area contributed by atoms with Gasteiger partial charge >= 0.3 is 5.63 Å². The molecule has 0 unspecified atom stereocenters. The van der Waals surface area contributed by atoms with Crippen LogP contribution in [0.4, 0.5) is 5.69 Å². The third kappa shape index (κ3) is 4.05. The fraction of sp³-hybridized carbons (Fsp3) is 0.389. The number of aromatic nitrogens is 4. The van der Waals surface area contributed by atoms with E-state index in [1.807, 2.05) is 13.0 Å². The number of carbonyl (C=O) groups is 1. The predicted octanol–water partition coefficient (Wildman–Crippen LogP) is 1.62. The molecule has 0 spiro atoms. The summed E-state index contributed by atoms with van der Waals surface area (Å²) >= 11 is 1.25. The molecule has 0 aromatic carbocycles. The molecule has 3 aromatic rings. The molecule has 1 fully saturated rings. The highest BCUT2D eigenvalue weighted by Crippen LogP contribution is 2.24. The highest BCUT2D eigenvalue weighted by molar-refractivity contribution is 7.13. The van der Waals surface area contributed by atoms with Crippen LogP contribution in [-0.2, 0) is 11.2 Å². The van der Waals surface area contributed by atoms with Gasteiger partial charge in [0.1, 0.15) is 5.01 Å². The van der Waals surface area contributed by atoms with Crippen molar-refractivity contribution in [1.29, 1.82) is 0 Å². The first-order chi connectivity index (χ1) is 14.0. The summed E-state index contributed by atoms with van der Waals surface area (Å²) in [7, 11) is 1.37. The van der Waals surface area contributed by atoms with Crippen molar-refractivity contribution in [2.75, 3.05) is 25.6 Å². The lowest BCUT2D eigenvalue weighted by atomic mass is 10.1. The zero-order chi connectivity index (χ0) is 20.4. The number of methoxy groups -OCH3 is 1. The van der Waals surface area contributed by atoms with Crippen LogP contribution in [0.25, 0.3) is 5.13 Å². The molecular weight excluding hydrogens is 398 g/mol. The van der Waals surface area contributed by atoms with Crippen LogP contribution >= 0.6 is 11.3 Å². The maximum atomic E-state index is 12.7. The Morgan fingerprint density at radius 3 is 2.93 bits per heavy atom. The van der Waals surface area contributed by atoms with E-state index in [4.69, 9.17) is 13.9 Å². The van der Waals surface area contributed by atoms with E-state index in [1.54, 1.807) is 10.9 Å². The van der Waals surface area contributed by atoms with Gasteiger partial charge in [0.2, 0.25) is 16.7 Å². The van der Waals surface area contributed by atoms with Crippen LogP contribution in [-0.4, -0.2) is 52.1 Å². The Labute approximate surface area is 169 Å². The topological polar surface area (TPSA) is 121 Å². The van der Waals surface area contributed by atoms with Gasteiger partial charge in [-0.3, -0.25) is 4.79 Å². The average molecular weight is 417 g/mol. The Hall–Kier alpha value is -3.05. The summed E-state index contributed by atoms with van der Waals surface area (Å²) in [6.45, 7) is 3.14. The summed E-state index contributed by atoms with van der Waals surface area (Å²) in [6.07, 6.45) is 2.64. The van der Waals surface area contributed by atoms with Crippen molar-refractivity contribution in [2.24, 2.45) is 0 Å². The third-order valence-corrected chi connectivity index (χ3v) is 5.38. The zero-order valence-electron chi connectivity index (χ0n) is 15.9. The molecule has 1 saturated heterocycles. The summed E-state index contributed by atoms with van der Waals surface area (Å²) < 4.78 is 17.3. The molecule has 1 aliphatic rings. The van der Waals surface area contributed by atoms with Gasteiger partial charge in [0, 0.05) is 31.1 Å². The van der Waals surface area contributed by atoms with Crippen molar-refractivity contribution >= 4 is 22.8 Å². The van der Waals surface area contributed by atoms with Gasteiger partial charge in [0.15, 0.2) is 5.76 Å². The molecule has 1 atom stereocenters. The summed E-state index contributed by atoms with van der Waals surface area (Å²) in [4.78, 5) is 24.9. The number of anilines is 1. The molecule has 0 radical (unpaired) electrons. The van der Waals surface area contributed by atoms with Gasteiger partial charge in [-0.2, -0.15) is 5.10 Å². The Kier molecular flexibility index (Phi) is 5.41. The average Bonchev–Trinajstić information content (AvgIpc) is 3.28. The van der Waals surface area contributed by atoms with Crippen molar-refractivity contribution in [3.05, 3.63) is 45.2 Å². The number of nitrogens with zero attached hydrogens (tertiary/aromatic N) is 4. The van der Waals surface area contributed by atoms with E-state index in [9.17, 15) is 9.59 Å². The minimum absolute atomic E-state index is 0.0215. The van der Waals surface area contributed by atoms with E-state index in [0.717, 1.165) is 18.7 Å². The zero-order valence-corrected chi connectivity index (χ0v) is 16.7. The Balaban J connectivity index is 1.52. The second kappa shape index (κ2) is 8.13. The third-order valence-electron chi connectivity index (χ3n) is 4.48. The lowest BCUT2D eigenvalue weighted by Gasteiger charge is -2.27. The first kappa shape index (κ1) is 19.3. The normalized spacial score (nSPS) is 15.7. The number of aryl methyl sites for hydroxylation is 1. The number of ether oxygens (including phenoxy) is 2. The molecule has 10 nitrogen and oxygen atoms in total. The number of rotatable bonds is 8. The number of nitrogens with one attached hydrogen (secondary N) is 1. The van der Waals surface area contributed by atoms with Gasteiger partial charge in [-0.05, 0) is 19.4 Å². The molecule has 0 saturated carbocycles. The largest absolute Gasteiger partial charge is 0.488 e. The van der Waals surface area contributed by atoms with Crippen LogP contribution in [0.2, 0.25) is 0 Å². The van der Waals surface area contributed by atoms with E-state index in [0.29, 0.717) is 22.4 Å². The molecule has 4 rings (SSSR count). The van der Waals surface area contributed by atoms with Crippen molar-refractivity contribution < 1.29 is 18.7 Å². The van der Waals surface area contributed by atoms with Crippen LogP contribution < -0.4 is 15.7 Å². The van der Waals surface area contributed by atoms with E-state index in [-0.39, 0.29) is 29.8 Å². The second-order valence-corrected chi connectivity index (χ2v) is 7.51. The van der Waals surface area contributed by atoms with Gasteiger partial charge in [-0.1, -0.05) is 11.3 Å². The van der Waals surface area contributed by atoms with Crippen LogP contribution in [0, 0.1) is 6.92 Å². The molecule has 3 aromatic heterocycles. The Morgan fingerprint density at radius 1 is 1.45 bits per heavy atom. The summed E-state index contributed by atoms with van der Waals surface area (Å²) in [5.74, 6) is -0.430. The van der Waals surface area contributed by atoms with Gasteiger partial charge < -0.3 is 19.2 Å². The molecule has 0 aliphatic carbocycles. The molecule has 0 bridgehead atoms. The standard InChI is InChI=1S/C18H19N5O5S/c1-10-3-5-20-23(10)18-22-21-15(29-18)8-13(24)14-7-12(16(26-2)17(25)28-14)19-9-11-4-6-27-11/h3,5,7,11,19H,4,6,8-9H2,1-2H3/t11-/m0/s1. The number of ketones is 1. The van der Waals surface area contributed by atoms with Gasteiger partial charge in [0.25, 0.3) is 0 Å². The van der Waals surface area contributed by atoms with E-state index in [1.165, 1.54) is 24.5 Å². The van der Waals surface area contributed by atoms with E-state index in [2.05, 4.69) is 20.6 Å². The van der Waals surface area contributed by atoms with Crippen molar-refractivity contribution in [3.8, 4) is 10.9 Å². The first-order valence-electron chi connectivity index (χ1n) is 8.99. The smallest absolute Gasteiger partial charge is 0.381 e. The van der Waals surface area contributed by atoms with Crippen molar-refractivity contribution in [3.63, 3.8) is 0 Å². The van der Waals surface area contributed by atoms with Crippen LogP contribution in [0.3, 0.4) is 0 Å². The van der Waals surface area contributed by atoms with Gasteiger partial charge in [0.05, 0.1) is 25.3 Å². The lowest BCUT2D eigenvalue weighted by Crippen LogP contribution is -2.33. The molecule has 1 N–H and O–H groups in total. The highest BCUT2D eigenvalue weighted by Gasteiger charge is 2.22. The quantitative estimate of drug-likeness (QED) is 0.545. The van der Waals surface area contributed by atoms with Crippen molar-refractivity contribution in [1.82, 2.24) is 20.0 Å². The number of Topliss-reactive ketones (excluding diaryl/α,β-unsaturated/α-hetero) is 1. The SMILES string of the molecule is COc1c(NC[C@@H]2CCO2)cc(C(=O)Cc2nnc(-n3nccc3C)s2)oc1=O. The fourth-order valence-corrected chi connectivity index (χ4v) is 3.66. The number of hydrogen-bond donors (Lipinski definition) is 1. The van der Waals surface area contributed by atoms with Crippen LogP contribution in [0.15, 0.2) is 27.5 Å². The fourth-order valence-electron chi connectivity index (χ4n) is 2.81. The van der Waals surface area contributed by atoms with Crippen molar-refractivity contribution in [2.45, 2.75) is 25.9 Å². The first-order valence-corrected chi connectivity index (χ1v) is 9.81. The second-order valence-electron chi connectivity index (χ2n) is 6.47. The Bertz CT molecular complexity index is 1080. The predicted molar refractivity (Wildman–Crippen MR) is 104 cm³/mol. The van der Waals surface area contributed by atoms with E-state index < -0.39 is 5.63 Å². The number of carbonyl (C=O) groups excluding carboxylic acids is 1. The maximum absolute atomic E-state index is 12.7. The van der Waals surface area contributed by atoms with Gasteiger partial charge in [-0.15, -0.1) is 10.2 Å². The molecule has 11 heteroatoms. The minimum Gasteiger partial charge on any atom is -0.488 e. The van der Waals surface area contributed by atoms with Crippen LogP contribution in [0.1, 0.15) is 27.7 Å². The minimum atomic E-state index is -0.722. The molecule has 152 valence electrons. The molecule has 0 amide bonds. The number of hydrogen-bond acceptors (Lipinski definition) is 10.